The fourth-order valence-corrected chi connectivity index (χ4v) is 5.07. The Kier molecular flexibility index (Phi) is 7.12. The van der Waals surface area contributed by atoms with E-state index in [1.54, 1.807) is 30.3 Å². The van der Waals surface area contributed by atoms with Gasteiger partial charge >= 0.3 is 0 Å². The molecular weight excluding hydrogens is 471 g/mol. The van der Waals surface area contributed by atoms with E-state index >= 15 is 0 Å². The Bertz CT molecular complexity index is 1300. The van der Waals surface area contributed by atoms with Gasteiger partial charge in [0, 0.05) is 17.3 Å². The standard InChI is InChI=1S/C30H31FN2O4/c1-19-7-8-20(2)25(17-19)33(30(35)22-11-14-26-27(18-22)37-16-15-36-26)28(21-9-12-23(31)13-10-21)29(34)32-24-5-3-4-6-24/h7-14,17-18,24,28H,3-6,15-16H2,1-2H3,(H,32,34). The molecule has 37 heavy (non-hydrogen) atoms. The highest BCUT2D eigenvalue weighted by molar-refractivity contribution is 6.10. The average Bonchev–Trinajstić information content (AvgIpc) is 3.42. The Morgan fingerprint density at radius 2 is 1.62 bits per heavy atom. The molecule has 2 amide bonds. The molecule has 1 saturated carbocycles. The van der Waals surface area contributed by atoms with E-state index in [0.29, 0.717) is 41.5 Å². The van der Waals surface area contributed by atoms with Crippen molar-refractivity contribution >= 4 is 17.5 Å². The van der Waals surface area contributed by atoms with Crippen molar-refractivity contribution in [3.05, 3.63) is 88.7 Å². The molecule has 1 aliphatic heterocycles. The second kappa shape index (κ2) is 10.6. The summed E-state index contributed by atoms with van der Waals surface area (Å²) in [7, 11) is 0. The van der Waals surface area contributed by atoms with Gasteiger partial charge in [-0.1, -0.05) is 37.1 Å². The largest absolute Gasteiger partial charge is 0.486 e. The Labute approximate surface area is 216 Å². The van der Waals surface area contributed by atoms with E-state index in [9.17, 15) is 14.0 Å². The molecule has 0 radical (unpaired) electrons. The predicted molar refractivity (Wildman–Crippen MR) is 140 cm³/mol. The summed E-state index contributed by atoms with van der Waals surface area (Å²) in [4.78, 5) is 29.7. The van der Waals surface area contributed by atoms with Crippen molar-refractivity contribution in [3.63, 3.8) is 0 Å². The lowest BCUT2D eigenvalue weighted by atomic mass is 9.99. The summed E-state index contributed by atoms with van der Waals surface area (Å²) >= 11 is 0. The molecule has 0 bridgehead atoms. The Morgan fingerprint density at radius 1 is 0.919 bits per heavy atom. The van der Waals surface area contributed by atoms with Crippen LogP contribution in [0, 0.1) is 19.7 Å². The van der Waals surface area contributed by atoms with E-state index in [4.69, 9.17) is 9.47 Å². The fourth-order valence-electron chi connectivity index (χ4n) is 5.07. The first kappa shape index (κ1) is 24.8. The Morgan fingerprint density at radius 3 is 2.35 bits per heavy atom. The van der Waals surface area contributed by atoms with Crippen molar-refractivity contribution in [1.82, 2.24) is 5.32 Å². The number of nitrogens with zero attached hydrogens (tertiary/aromatic N) is 1. The molecule has 1 aliphatic carbocycles. The highest BCUT2D eigenvalue weighted by Gasteiger charge is 2.36. The number of ether oxygens (including phenoxy) is 2. The molecule has 2 aliphatic rings. The van der Waals surface area contributed by atoms with Crippen molar-refractivity contribution in [2.45, 2.75) is 51.6 Å². The summed E-state index contributed by atoms with van der Waals surface area (Å²) in [6, 6.07) is 15.7. The molecule has 1 heterocycles. The third-order valence-electron chi connectivity index (χ3n) is 7.03. The number of nitrogens with one attached hydrogen (secondary N) is 1. The third kappa shape index (κ3) is 5.31. The maximum absolute atomic E-state index is 14.3. The molecule has 192 valence electrons. The summed E-state index contributed by atoms with van der Waals surface area (Å²) in [5.41, 5.74) is 3.32. The van der Waals surface area contributed by atoms with Crippen molar-refractivity contribution in [2.75, 3.05) is 18.1 Å². The first-order chi connectivity index (χ1) is 17.9. The van der Waals surface area contributed by atoms with E-state index in [0.717, 1.165) is 36.8 Å². The van der Waals surface area contributed by atoms with E-state index < -0.39 is 11.9 Å². The second-order valence-corrected chi connectivity index (χ2v) is 9.77. The van der Waals surface area contributed by atoms with E-state index in [1.165, 1.54) is 17.0 Å². The van der Waals surface area contributed by atoms with Gasteiger partial charge in [-0.25, -0.2) is 4.39 Å². The van der Waals surface area contributed by atoms with Crippen LogP contribution in [0.25, 0.3) is 0 Å². The number of carbonyl (C=O) groups excluding carboxylic acids is 2. The molecule has 1 unspecified atom stereocenters. The molecule has 3 aromatic carbocycles. The zero-order valence-corrected chi connectivity index (χ0v) is 21.1. The van der Waals surface area contributed by atoms with Gasteiger partial charge in [-0.05, 0) is 79.8 Å². The fraction of sp³-hybridized carbons (Fsp3) is 0.333. The first-order valence-corrected chi connectivity index (χ1v) is 12.8. The molecule has 7 heteroatoms. The molecule has 0 spiro atoms. The van der Waals surface area contributed by atoms with Gasteiger partial charge in [-0.3, -0.25) is 14.5 Å². The van der Waals surface area contributed by atoms with Crippen molar-refractivity contribution in [3.8, 4) is 11.5 Å². The minimum Gasteiger partial charge on any atom is -0.486 e. The molecule has 3 aromatic rings. The monoisotopic (exact) mass is 502 g/mol. The lowest BCUT2D eigenvalue weighted by Crippen LogP contribution is -2.46. The number of fused-ring (bicyclic) bond motifs is 1. The highest BCUT2D eigenvalue weighted by Crippen LogP contribution is 2.36. The number of halogens is 1. The van der Waals surface area contributed by atoms with E-state index in [-0.39, 0.29) is 17.9 Å². The summed E-state index contributed by atoms with van der Waals surface area (Å²) in [6.45, 7) is 4.70. The quantitative estimate of drug-likeness (QED) is 0.472. The molecule has 1 atom stereocenters. The van der Waals surface area contributed by atoms with Gasteiger partial charge in [0.15, 0.2) is 11.5 Å². The van der Waals surface area contributed by atoms with Crippen LogP contribution in [-0.4, -0.2) is 31.1 Å². The Hall–Kier alpha value is -3.87. The maximum atomic E-state index is 14.3. The summed E-state index contributed by atoms with van der Waals surface area (Å²) < 4.78 is 25.2. The van der Waals surface area contributed by atoms with Gasteiger partial charge in [0.25, 0.3) is 5.91 Å². The number of hydrogen-bond acceptors (Lipinski definition) is 4. The SMILES string of the molecule is Cc1ccc(C)c(N(C(=O)c2ccc3c(c2)OCCO3)C(C(=O)NC2CCCC2)c2ccc(F)cc2)c1. The lowest BCUT2D eigenvalue weighted by molar-refractivity contribution is -0.123. The van der Waals surface area contributed by atoms with Gasteiger partial charge in [-0.15, -0.1) is 0 Å². The van der Waals surface area contributed by atoms with Crippen LogP contribution in [0.4, 0.5) is 10.1 Å². The molecule has 1 fully saturated rings. The van der Waals surface area contributed by atoms with E-state index in [2.05, 4.69) is 5.32 Å². The third-order valence-corrected chi connectivity index (χ3v) is 7.03. The van der Waals surface area contributed by atoms with Crippen LogP contribution in [0.5, 0.6) is 11.5 Å². The molecule has 0 saturated heterocycles. The summed E-state index contributed by atoms with van der Waals surface area (Å²) in [6.07, 6.45) is 3.93. The van der Waals surface area contributed by atoms with Crippen LogP contribution in [0.3, 0.4) is 0 Å². The number of anilines is 1. The summed E-state index contributed by atoms with van der Waals surface area (Å²) in [5, 5.41) is 3.16. The van der Waals surface area contributed by atoms with Gasteiger partial charge in [-0.2, -0.15) is 0 Å². The summed E-state index contributed by atoms with van der Waals surface area (Å²) in [5.74, 6) is 0.0175. The van der Waals surface area contributed by atoms with Crippen LogP contribution in [-0.2, 0) is 4.79 Å². The van der Waals surface area contributed by atoms with Crippen LogP contribution in [0.1, 0.15) is 58.8 Å². The lowest BCUT2D eigenvalue weighted by Gasteiger charge is -2.34. The second-order valence-electron chi connectivity index (χ2n) is 9.77. The number of hydrogen-bond donors (Lipinski definition) is 1. The Balaban J connectivity index is 1.63. The number of aryl methyl sites for hydroxylation is 2. The highest BCUT2D eigenvalue weighted by atomic mass is 19.1. The molecule has 5 rings (SSSR count). The molecular formula is C30H31FN2O4. The van der Waals surface area contributed by atoms with Crippen LogP contribution in [0.15, 0.2) is 60.7 Å². The number of rotatable bonds is 6. The number of amides is 2. The molecule has 6 nitrogen and oxygen atoms in total. The van der Waals surface area contributed by atoms with E-state index in [1.807, 2.05) is 32.0 Å². The van der Waals surface area contributed by atoms with Crippen molar-refractivity contribution in [1.29, 1.82) is 0 Å². The van der Waals surface area contributed by atoms with Crippen molar-refractivity contribution < 1.29 is 23.5 Å². The van der Waals surface area contributed by atoms with Crippen LogP contribution in [0.2, 0.25) is 0 Å². The van der Waals surface area contributed by atoms with Gasteiger partial charge in [0.1, 0.15) is 25.1 Å². The van der Waals surface area contributed by atoms with Crippen LogP contribution < -0.4 is 19.7 Å². The first-order valence-electron chi connectivity index (χ1n) is 12.8. The molecule has 1 N–H and O–H groups in total. The normalized spacial score (nSPS) is 15.8. The minimum atomic E-state index is -0.998. The number of carbonyl (C=O) groups is 2. The van der Waals surface area contributed by atoms with Gasteiger partial charge in [0.2, 0.25) is 5.91 Å². The smallest absolute Gasteiger partial charge is 0.259 e. The predicted octanol–water partition coefficient (Wildman–Crippen LogP) is 5.66. The number of benzene rings is 3. The van der Waals surface area contributed by atoms with Crippen LogP contribution >= 0.6 is 0 Å². The maximum Gasteiger partial charge on any atom is 0.259 e. The topological polar surface area (TPSA) is 67.9 Å². The molecule has 0 aromatic heterocycles. The van der Waals surface area contributed by atoms with Gasteiger partial charge < -0.3 is 14.8 Å². The minimum absolute atomic E-state index is 0.0558. The van der Waals surface area contributed by atoms with Crippen molar-refractivity contribution in [2.24, 2.45) is 0 Å². The van der Waals surface area contributed by atoms with Gasteiger partial charge in [0.05, 0.1) is 0 Å². The zero-order chi connectivity index (χ0) is 25.9. The zero-order valence-electron chi connectivity index (χ0n) is 21.1. The average molecular weight is 503 g/mol.